The maximum atomic E-state index is 11.9. The van der Waals surface area contributed by atoms with Gasteiger partial charge in [0.1, 0.15) is 0 Å². The first-order valence-electron chi connectivity index (χ1n) is 9.16. The predicted molar refractivity (Wildman–Crippen MR) is 107 cm³/mol. The van der Waals surface area contributed by atoms with Crippen molar-refractivity contribution >= 4 is 20.0 Å². The van der Waals surface area contributed by atoms with Gasteiger partial charge in [0.2, 0.25) is 20.0 Å². The number of rotatable bonds is 12. The van der Waals surface area contributed by atoms with Crippen molar-refractivity contribution in [1.82, 2.24) is 0 Å². The highest BCUT2D eigenvalue weighted by Crippen LogP contribution is 2.38. The molecule has 0 bridgehead atoms. The first kappa shape index (κ1) is 25.8. The third-order valence-corrected chi connectivity index (χ3v) is 7.98. The molecule has 0 rings (SSSR count). The quantitative estimate of drug-likeness (QED) is 0.506. The lowest BCUT2D eigenvalue weighted by molar-refractivity contribution is -0.116. The van der Waals surface area contributed by atoms with Crippen LogP contribution >= 0.6 is 0 Å². The molecule has 9 heteroatoms. The summed E-state index contributed by atoms with van der Waals surface area (Å²) in [5.74, 6) is -0.200. The molecule has 0 heterocycles. The Bertz CT molecular complexity index is 642. The van der Waals surface area contributed by atoms with E-state index in [-0.39, 0.29) is 18.0 Å². The molecule has 0 aliphatic heterocycles. The smallest absolute Gasteiger partial charge is 0.212 e. The van der Waals surface area contributed by atoms with Gasteiger partial charge in [-0.05, 0) is 19.8 Å². The standard InChI is InChI=1S/C17H38N2O5S2/c1-8-10-14(16(4,5)12-25(18,20)21)24-15(11-9-2)17(6,7)13(3)26(19,22)23/h13-15H,8-12H2,1-7H3,(H2,18,20,21)(H2,19,22,23). The van der Waals surface area contributed by atoms with E-state index < -0.39 is 36.1 Å². The number of hydrogen-bond acceptors (Lipinski definition) is 5. The van der Waals surface area contributed by atoms with Gasteiger partial charge in [0.05, 0.1) is 23.2 Å². The summed E-state index contributed by atoms with van der Waals surface area (Å²) in [7, 11) is -7.40. The van der Waals surface area contributed by atoms with Crippen LogP contribution in [0.4, 0.5) is 0 Å². The topological polar surface area (TPSA) is 130 Å². The van der Waals surface area contributed by atoms with Crippen molar-refractivity contribution in [3.05, 3.63) is 0 Å². The Morgan fingerprint density at radius 1 is 0.885 bits per heavy atom. The average Bonchev–Trinajstić information content (AvgIpc) is 2.41. The van der Waals surface area contributed by atoms with Gasteiger partial charge in [-0.2, -0.15) is 0 Å². The van der Waals surface area contributed by atoms with Crippen molar-refractivity contribution in [2.75, 3.05) is 5.75 Å². The number of sulfonamides is 2. The Labute approximate surface area is 160 Å². The van der Waals surface area contributed by atoms with Crippen LogP contribution in [-0.2, 0) is 24.8 Å². The Balaban J connectivity index is 5.78. The minimum atomic E-state index is -3.73. The molecule has 0 aromatic rings. The lowest BCUT2D eigenvalue weighted by Gasteiger charge is -2.43. The normalized spacial score (nSPS) is 17.7. The molecule has 0 aliphatic carbocycles. The third-order valence-electron chi connectivity index (χ3n) is 5.25. The molecule has 0 aromatic heterocycles. The van der Waals surface area contributed by atoms with Crippen molar-refractivity contribution in [2.45, 2.75) is 91.6 Å². The summed E-state index contributed by atoms with van der Waals surface area (Å²) in [6.07, 6.45) is 2.18. The molecule has 0 aliphatic rings. The Morgan fingerprint density at radius 2 is 1.31 bits per heavy atom. The van der Waals surface area contributed by atoms with E-state index in [1.807, 2.05) is 41.5 Å². The molecule has 3 atom stereocenters. The van der Waals surface area contributed by atoms with Crippen molar-refractivity contribution in [3.8, 4) is 0 Å². The van der Waals surface area contributed by atoms with Crippen LogP contribution in [0, 0.1) is 10.8 Å². The van der Waals surface area contributed by atoms with Crippen molar-refractivity contribution in [3.63, 3.8) is 0 Å². The van der Waals surface area contributed by atoms with E-state index in [4.69, 9.17) is 15.0 Å². The zero-order chi connectivity index (χ0) is 21.0. The van der Waals surface area contributed by atoms with Gasteiger partial charge in [0.25, 0.3) is 0 Å². The highest BCUT2D eigenvalue weighted by molar-refractivity contribution is 7.89. The van der Waals surface area contributed by atoms with Crippen molar-refractivity contribution < 1.29 is 21.6 Å². The van der Waals surface area contributed by atoms with Crippen LogP contribution in [0.3, 0.4) is 0 Å². The zero-order valence-electron chi connectivity index (χ0n) is 17.3. The molecule has 0 fully saturated rings. The molecule has 158 valence electrons. The second kappa shape index (κ2) is 9.32. The van der Waals surface area contributed by atoms with Crippen molar-refractivity contribution in [1.29, 1.82) is 0 Å². The summed E-state index contributed by atoms with van der Waals surface area (Å²) >= 11 is 0. The van der Waals surface area contributed by atoms with E-state index in [1.54, 1.807) is 6.92 Å². The third kappa shape index (κ3) is 7.80. The molecular formula is C17H38N2O5S2. The van der Waals surface area contributed by atoms with Crippen molar-refractivity contribution in [2.24, 2.45) is 21.1 Å². The fraction of sp³-hybridized carbons (Fsp3) is 1.00. The van der Waals surface area contributed by atoms with E-state index in [9.17, 15) is 16.8 Å². The molecule has 26 heavy (non-hydrogen) atoms. The second-order valence-electron chi connectivity index (χ2n) is 8.54. The summed E-state index contributed by atoms with van der Waals surface area (Å²) in [4.78, 5) is 0. The van der Waals surface area contributed by atoms with Gasteiger partial charge in [0.15, 0.2) is 0 Å². The van der Waals surface area contributed by atoms with Gasteiger partial charge < -0.3 is 4.74 Å². The van der Waals surface area contributed by atoms with Crippen LogP contribution in [0.25, 0.3) is 0 Å². The molecule has 0 saturated heterocycles. The molecule has 3 unspecified atom stereocenters. The van der Waals surface area contributed by atoms with Gasteiger partial charge in [-0.25, -0.2) is 27.1 Å². The van der Waals surface area contributed by atoms with Gasteiger partial charge in [0, 0.05) is 10.8 Å². The van der Waals surface area contributed by atoms with Crippen LogP contribution in [-0.4, -0.2) is 40.0 Å². The number of hydrogen-bond donors (Lipinski definition) is 2. The van der Waals surface area contributed by atoms with Gasteiger partial charge in [-0.1, -0.05) is 54.4 Å². The first-order valence-corrected chi connectivity index (χ1v) is 12.5. The minimum absolute atomic E-state index is 0.200. The Kier molecular flexibility index (Phi) is 9.24. The Hall–Kier alpha value is -0.220. The number of primary sulfonamides is 2. The van der Waals surface area contributed by atoms with Crippen LogP contribution in [0.5, 0.6) is 0 Å². The molecule has 0 amide bonds. The molecule has 0 saturated carbocycles. The zero-order valence-corrected chi connectivity index (χ0v) is 18.9. The van der Waals surface area contributed by atoms with E-state index in [0.29, 0.717) is 12.8 Å². The van der Waals surface area contributed by atoms with Crippen LogP contribution in [0.2, 0.25) is 0 Å². The Morgan fingerprint density at radius 3 is 1.65 bits per heavy atom. The maximum absolute atomic E-state index is 11.9. The first-order chi connectivity index (χ1) is 11.5. The fourth-order valence-corrected chi connectivity index (χ4v) is 5.50. The van der Waals surface area contributed by atoms with Gasteiger partial charge in [-0.15, -0.1) is 0 Å². The van der Waals surface area contributed by atoms with Crippen LogP contribution in [0.15, 0.2) is 0 Å². The molecule has 0 radical (unpaired) electrons. The van der Waals surface area contributed by atoms with Crippen LogP contribution in [0.1, 0.15) is 74.1 Å². The molecule has 0 spiro atoms. The monoisotopic (exact) mass is 414 g/mol. The fourth-order valence-electron chi connectivity index (χ4n) is 3.28. The summed E-state index contributed by atoms with van der Waals surface area (Å²) < 4.78 is 53.5. The summed E-state index contributed by atoms with van der Waals surface area (Å²) in [6.45, 7) is 12.9. The molecular weight excluding hydrogens is 376 g/mol. The number of nitrogens with two attached hydrogens (primary N) is 2. The number of ether oxygens (including phenoxy) is 1. The largest absolute Gasteiger partial charge is 0.374 e. The summed E-state index contributed by atoms with van der Waals surface area (Å²) in [5.41, 5.74) is -1.43. The highest BCUT2D eigenvalue weighted by atomic mass is 32.2. The van der Waals surface area contributed by atoms with Gasteiger partial charge in [-0.3, -0.25) is 0 Å². The van der Waals surface area contributed by atoms with Gasteiger partial charge >= 0.3 is 0 Å². The van der Waals surface area contributed by atoms with E-state index in [2.05, 4.69) is 0 Å². The SMILES string of the molecule is CCCC(OC(CCC)C(C)(C)C(C)S(N)(=O)=O)C(C)(C)CS(N)(=O)=O. The lowest BCUT2D eigenvalue weighted by Crippen LogP contribution is -2.50. The second-order valence-corrected chi connectivity index (χ2v) is 12.0. The summed E-state index contributed by atoms with van der Waals surface area (Å²) in [5, 5.41) is 9.84. The highest BCUT2D eigenvalue weighted by Gasteiger charge is 2.44. The summed E-state index contributed by atoms with van der Waals surface area (Å²) in [6, 6.07) is 0. The molecule has 7 nitrogen and oxygen atoms in total. The minimum Gasteiger partial charge on any atom is -0.374 e. The van der Waals surface area contributed by atoms with E-state index in [0.717, 1.165) is 12.8 Å². The average molecular weight is 415 g/mol. The maximum Gasteiger partial charge on any atom is 0.212 e. The van der Waals surface area contributed by atoms with E-state index >= 15 is 0 Å². The molecule has 0 aromatic carbocycles. The van der Waals surface area contributed by atoms with Crippen LogP contribution < -0.4 is 10.3 Å². The lowest BCUT2D eigenvalue weighted by atomic mass is 9.79. The molecule has 4 N–H and O–H groups in total. The van der Waals surface area contributed by atoms with E-state index in [1.165, 1.54) is 0 Å². The predicted octanol–water partition coefficient (Wildman–Crippen LogP) is 2.36.